The van der Waals surface area contributed by atoms with Gasteiger partial charge in [0.1, 0.15) is 12.4 Å². The van der Waals surface area contributed by atoms with Crippen LogP contribution in [-0.2, 0) is 17.9 Å². The van der Waals surface area contributed by atoms with E-state index < -0.39 is 11.1 Å². The van der Waals surface area contributed by atoms with Crippen LogP contribution >= 0.6 is 57.6 Å². The van der Waals surface area contributed by atoms with E-state index in [0.717, 1.165) is 16.7 Å². The molecule has 0 radical (unpaired) electrons. The van der Waals surface area contributed by atoms with Crippen molar-refractivity contribution < 1.29 is 23.5 Å². The summed E-state index contributed by atoms with van der Waals surface area (Å²) in [7, 11) is 1.49. The van der Waals surface area contributed by atoms with E-state index in [4.69, 9.17) is 32.7 Å². The normalized spacial score (nSPS) is 14.7. The van der Waals surface area contributed by atoms with E-state index in [0.29, 0.717) is 41.8 Å². The van der Waals surface area contributed by atoms with E-state index in [1.54, 1.807) is 54.6 Å². The quantitative estimate of drug-likeness (QED) is 0.196. The number of hydrogen-bond donors (Lipinski definition) is 0. The summed E-state index contributed by atoms with van der Waals surface area (Å²) in [5.74, 6) is 0.0771. The molecule has 1 aliphatic heterocycles. The van der Waals surface area contributed by atoms with Gasteiger partial charge in [-0.15, -0.1) is 0 Å². The van der Waals surface area contributed by atoms with E-state index in [9.17, 15) is 14.0 Å². The Labute approximate surface area is 229 Å². The molecule has 1 saturated heterocycles. The molecule has 4 rings (SSSR count). The molecule has 0 aliphatic carbocycles. The summed E-state index contributed by atoms with van der Waals surface area (Å²) in [5, 5.41) is 0.348. The van der Waals surface area contributed by atoms with Crippen molar-refractivity contribution in [2.75, 3.05) is 7.11 Å². The fourth-order valence-electron chi connectivity index (χ4n) is 3.36. The lowest BCUT2D eigenvalue weighted by atomic mass is 10.1. The highest BCUT2D eigenvalue weighted by atomic mass is 127. The van der Waals surface area contributed by atoms with Crippen LogP contribution in [0.2, 0.25) is 10.0 Å². The predicted molar refractivity (Wildman–Crippen MR) is 144 cm³/mol. The molecule has 0 spiro atoms. The summed E-state index contributed by atoms with van der Waals surface area (Å²) in [6.45, 7) is 0.00602. The van der Waals surface area contributed by atoms with Crippen molar-refractivity contribution in [3.8, 4) is 11.5 Å². The minimum absolute atomic E-state index is 0.0236. The maximum Gasteiger partial charge on any atom is 0.293 e. The van der Waals surface area contributed by atoms with Gasteiger partial charge in [-0.1, -0.05) is 47.5 Å². The zero-order valence-electron chi connectivity index (χ0n) is 18.2. The Morgan fingerprint density at radius 3 is 2.49 bits per heavy atom. The van der Waals surface area contributed by atoms with Crippen molar-refractivity contribution >= 4 is 74.8 Å². The third-order valence-electron chi connectivity index (χ3n) is 5.13. The zero-order valence-corrected chi connectivity index (χ0v) is 22.7. The minimum Gasteiger partial charge on any atom is -0.493 e. The van der Waals surface area contributed by atoms with Gasteiger partial charge in [-0.2, -0.15) is 0 Å². The number of thioether (sulfide) groups is 1. The maximum absolute atomic E-state index is 13.9. The van der Waals surface area contributed by atoms with Crippen LogP contribution in [0, 0.1) is 9.39 Å². The monoisotopic (exact) mass is 643 g/mol. The summed E-state index contributed by atoms with van der Waals surface area (Å²) in [4.78, 5) is 26.9. The minimum atomic E-state index is -0.440. The molecule has 1 aliphatic rings. The second-order valence-electron chi connectivity index (χ2n) is 7.38. The molecule has 1 fully saturated rings. The fraction of sp³-hybridized carbons (Fsp3) is 0.120. The SMILES string of the molecule is COc1cc(/C=C2/SC(=O)N(Cc3c(Cl)cccc3Cl)C2=O)cc(I)c1OCc1ccccc1F. The lowest BCUT2D eigenvalue weighted by molar-refractivity contribution is -0.123. The molecule has 35 heavy (non-hydrogen) atoms. The second kappa shape index (κ2) is 11.2. The first-order chi connectivity index (χ1) is 16.8. The lowest BCUT2D eigenvalue weighted by Gasteiger charge is -2.15. The number of benzene rings is 3. The molecular weight excluding hydrogens is 627 g/mol. The van der Waals surface area contributed by atoms with Gasteiger partial charge in [-0.05, 0) is 76.3 Å². The molecule has 0 saturated carbocycles. The van der Waals surface area contributed by atoms with Gasteiger partial charge in [0.25, 0.3) is 11.1 Å². The van der Waals surface area contributed by atoms with Gasteiger partial charge in [0, 0.05) is 21.2 Å². The fourth-order valence-corrected chi connectivity index (χ4v) is 5.49. The first-order valence-electron chi connectivity index (χ1n) is 10.2. The Morgan fingerprint density at radius 2 is 1.80 bits per heavy atom. The Morgan fingerprint density at radius 1 is 1.09 bits per heavy atom. The smallest absolute Gasteiger partial charge is 0.293 e. The Kier molecular flexibility index (Phi) is 8.26. The topological polar surface area (TPSA) is 55.8 Å². The third kappa shape index (κ3) is 5.77. The summed E-state index contributed by atoms with van der Waals surface area (Å²) in [6, 6.07) is 14.9. The predicted octanol–water partition coefficient (Wildman–Crippen LogP) is 7.56. The molecule has 3 aromatic rings. The van der Waals surface area contributed by atoms with Crippen molar-refractivity contribution in [1.29, 1.82) is 0 Å². The van der Waals surface area contributed by atoms with Gasteiger partial charge < -0.3 is 9.47 Å². The van der Waals surface area contributed by atoms with Crippen LogP contribution < -0.4 is 9.47 Å². The zero-order chi connectivity index (χ0) is 25.1. The first-order valence-corrected chi connectivity index (χ1v) is 12.9. The van der Waals surface area contributed by atoms with Crippen LogP contribution in [-0.4, -0.2) is 23.2 Å². The van der Waals surface area contributed by atoms with Gasteiger partial charge in [0.2, 0.25) is 0 Å². The van der Waals surface area contributed by atoms with E-state index in [1.165, 1.54) is 13.2 Å². The lowest BCUT2D eigenvalue weighted by Crippen LogP contribution is -2.27. The van der Waals surface area contributed by atoms with E-state index in [2.05, 4.69) is 22.6 Å². The van der Waals surface area contributed by atoms with Gasteiger partial charge in [-0.3, -0.25) is 14.5 Å². The van der Waals surface area contributed by atoms with Crippen molar-refractivity contribution in [2.24, 2.45) is 0 Å². The number of halogens is 4. The summed E-state index contributed by atoms with van der Waals surface area (Å²) < 4.78 is 26.0. The number of amides is 2. The molecule has 0 bridgehead atoms. The Balaban J connectivity index is 1.56. The maximum atomic E-state index is 13.9. The van der Waals surface area contributed by atoms with E-state index in [1.807, 2.05) is 0 Å². The van der Waals surface area contributed by atoms with Crippen molar-refractivity contribution in [2.45, 2.75) is 13.2 Å². The molecule has 0 atom stereocenters. The number of carbonyl (C=O) groups excluding carboxylic acids is 2. The molecule has 0 aromatic heterocycles. The average molecular weight is 644 g/mol. The van der Waals surface area contributed by atoms with E-state index >= 15 is 0 Å². The highest BCUT2D eigenvalue weighted by molar-refractivity contribution is 14.1. The summed E-state index contributed by atoms with van der Waals surface area (Å²) in [5.41, 5.74) is 1.57. The van der Waals surface area contributed by atoms with Gasteiger partial charge in [0.15, 0.2) is 11.5 Å². The Bertz CT molecular complexity index is 1330. The van der Waals surface area contributed by atoms with Crippen molar-refractivity contribution in [3.05, 3.63) is 95.6 Å². The van der Waals surface area contributed by atoms with Crippen molar-refractivity contribution in [3.63, 3.8) is 0 Å². The molecule has 0 unspecified atom stereocenters. The molecule has 3 aromatic carbocycles. The molecule has 10 heteroatoms. The highest BCUT2D eigenvalue weighted by Gasteiger charge is 2.35. The number of ether oxygens (including phenoxy) is 2. The molecule has 1 heterocycles. The second-order valence-corrected chi connectivity index (χ2v) is 10.4. The number of rotatable bonds is 7. The first kappa shape index (κ1) is 25.8. The van der Waals surface area contributed by atoms with Crippen LogP contribution in [0.5, 0.6) is 11.5 Å². The number of methoxy groups -OCH3 is 1. The van der Waals surface area contributed by atoms with Crippen LogP contribution in [0.1, 0.15) is 16.7 Å². The molecular formula is C25H17Cl2FINO4S. The van der Waals surface area contributed by atoms with Crippen LogP contribution in [0.15, 0.2) is 59.5 Å². The number of carbonyl (C=O) groups is 2. The number of imide groups is 1. The third-order valence-corrected chi connectivity index (χ3v) is 7.55. The van der Waals surface area contributed by atoms with E-state index in [-0.39, 0.29) is 23.9 Å². The van der Waals surface area contributed by atoms with Gasteiger partial charge in [0.05, 0.1) is 22.1 Å². The van der Waals surface area contributed by atoms with Crippen LogP contribution in [0.4, 0.5) is 9.18 Å². The largest absolute Gasteiger partial charge is 0.493 e. The molecule has 0 N–H and O–H groups in total. The van der Waals surface area contributed by atoms with Crippen LogP contribution in [0.3, 0.4) is 0 Å². The summed E-state index contributed by atoms with van der Waals surface area (Å²) >= 11 is 15.3. The van der Waals surface area contributed by atoms with Gasteiger partial charge in [-0.25, -0.2) is 4.39 Å². The van der Waals surface area contributed by atoms with Crippen molar-refractivity contribution in [1.82, 2.24) is 4.90 Å². The average Bonchev–Trinajstić information content (AvgIpc) is 3.08. The molecule has 180 valence electrons. The standard InChI is InChI=1S/C25H17Cl2FINO4S/c1-33-21-10-14(9-20(29)23(21)34-13-15-5-2-3-8-19(15)28)11-22-24(31)30(25(32)35-22)12-16-17(26)6-4-7-18(16)27/h2-11H,12-13H2,1H3/b22-11+. The number of hydrogen-bond acceptors (Lipinski definition) is 5. The van der Waals surface area contributed by atoms with Gasteiger partial charge >= 0.3 is 0 Å². The summed E-state index contributed by atoms with van der Waals surface area (Å²) in [6.07, 6.45) is 1.62. The highest BCUT2D eigenvalue weighted by Crippen LogP contribution is 2.39. The Hall–Kier alpha value is -2.27. The molecule has 5 nitrogen and oxygen atoms in total. The van der Waals surface area contributed by atoms with Crippen LogP contribution in [0.25, 0.3) is 6.08 Å². The number of nitrogens with zero attached hydrogens (tertiary/aromatic N) is 1. The molecule has 2 amide bonds.